The van der Waals surface area contributed by atoms with Crippen molar-refractivity contribution in [2.75, 3.05) is 13.7 Å². The monoisotopic (exact) mass is 422 g/mol. The van der Waals surface area contributed by atoms with Crippen LogP contribution in [0.1, 0.15) is 29.8 Å². The summed E-state index contributed by atoms with van der Waals surface area (Å²) in [6, 6.07) is 18.5. The van der Waals surface area contributed by atoms with Crippen molar-refractivity contribution in [2.24, 2.45) is 0 Å². The molecule has 0 spiro atoms. The number of nitrogens with one attached hydrogen (secondary N) is 1. The van der Waals surface area contributed by atoms with Crippen molar-refractivity contribution in [3.63, 3.8) is 0 Å². The van der Waals surface area contributed by atoms with Gasteiger partial charge in [0, 0.05) is 12.3 Å². The molecule has 0 fully saturated rings. The van der Waals surface area contributed by atoms with Gasteiger partial charge in [-0.25, -0.2) is 0 Å². The van der Waals surface area contributed by atoms with E-state index < -0.39 is 0 Å². The molecule has 0 saturated carbocycles. The second-order valence-corrected chi connectivity index (χ2v) is 6.81. The molecule has 30 heavy (non-hydrogen) atoms. The highest BCUT2D eigenvalue weighted by atomic mass is 35.5. The summed E-state index contributed by atoms with van der Waals surface area (Å²) < 4.78 is 10.9. The van der Waals surface area contributed by atoms with Gasteiger partial charge in [0.1, 0.15) is 0 Å². The number of hydrogen-bond acceptors (Lipinski definition) is 4. The molecule has 0 bridgehead atoms. The maximum Gasteiger partial charge on any atom is 0.244 e. The van der Waals surface area contributed by atoms with Gasteiger partial charge in [0.25, 0.3) is 0 Å². The molecular weight excluding hydrogens is 400 g/mol. The molecule has 1 aromatic heterocycles. The molecular formula is C24H23ClN2O3. The fourth-order valence-electron chi connectivity index (χ4n) is 3.00. The Morgan fingerprint density at radius 2 is 1.93 bits per heavy atom. The number of halogens is 1. The molecule has 1 unspecified atom stereocenters. The summed E-state index contributed by atoms with van der Waals surface area (Å²) in [7, 11) is 1.55. The number of ether oxygens (including phenoxy) is 2. The lowest BCUT2D eigenvalue weighted by Gasteiger charge is -2.18. The summed E-state index contributed by atoms with van der Waals surface area (Å²) in [6.07, 6.45) is 4.85. The minimum absolute atomic E-state index is 0.251. The first-order valence-electron chi connectivity index (χ1n) is 9.57. The number of carbonyl (C=O) groups excluding carboxylic acids is 1. The van der Waals surface area contributed by atoms with E-state index in [9.17, 15) is 4.79 Å². The molecule has 1 N–H and O–H groups in total. The first-order chi connectivity index (χ1) is 14.6. The normalized spacial score (nSPS) is 11.8. The third kappa shape index (κ3) is 5.39. The van der Waals surface area contributed by atoms with E-state index in [0.29, 0.717) is 23.1 Å². The van der Waals surface area contributed by atoms with E-state index in [-0.39, 0.29) is 11.9 Å². The van der Waals surface area contributed by atoms with Crippen molar-refractivity contribution in [2.45, 2.75) is 13.0 Å². The number of rotatable bonds is 8. The van der Waals surface area contributed by atoms with Crippen LogP contribution in [0.3, 0.4) is 0 Å². The van der Waals surface area contributed by atoms with Crippen molar-refractivity contribution < 1.29 is 14.3 Å². The molecule has 1 heterocycles. The molecule has 2 aromatic carbocycles. The minimum atomic E-state index is -0.358. The third-order valence-electron chi connectivity index (χ3n) is 4.37. The quantitative estimate of drug-likeness (QED) is 0.515. The number of amides is 1. The maximum atomic E-state index is 12.7. The number of pyridine rings is 1. The Balaban J connectivity index is 1.81. The molecule has 5 nitrogen and oxygen atoms in total. The molecule has 0 aliphatic carbocycles. The van der Waals surface area contributed by atoms with Gasteiger partial charge in [0.15, 0.2) is 11.5 Å². The van der Waals surface area contributed by atoms with Crippen molar-refractivity contribution in [1.82, 2.24) is 10.3 Å². The first-order valence-corrected chi connectivity index (χ1v) is 9.95. The summed E-state index contributed by atoms with van der Waals surface area (Å²) in [5.41, 5.74) is 2.43. The van der Waals surface area contributed by atoms with Gasteiger partial charge in [-0.2, -0.15) is 0 Å². The molecule has 6 heteroatoms. The summed E-state index contributed by atoms with van der Waals surface area (Å²) in [4.78, 5) is 17.1. The van der Waals surface area contributed by atoms with Gasteiger partial charge in [0.2, 0.25) is 5.91 Å². The molecule has 154 valence electrons. The largest absolute Gasteiger partial charge is 0.493 e. The van der Waals surface area contributed by atoms with Crippen molar-refractivity contribution in [1.29, 1.82) is 0 Å². The minimum Gasteiger partial charge on any atom is -0.493 e. The van der Waals surface area contributed by atoms with Crippen molar-refractivity contribution in [3.8, 4) is 11.5 Å². The SMILES string of the molecule is CCOc1c(Cl)cc(/C=C/C(=O)NC(c2ccccc2)c2ccccn2)cc1OC. The van der Waals surface area contributed by atoms with Gasteiger partial charge >= 0.3 is 0 Å². The Bertz CT molecular complexity index is 968. The molecule has 0 aliphatic rings. The van der Waals surface area contributed by atoms with E-state index in [2.05, 4.69) is 10.3 Å². The topological polar surface area (TPSA) is 60.5 Å². The van der Waals surface area contributed by atoms with Crippen molar-refractivity contribution >= 4 is 23.6 Å². The summed E-state index contributed by atoms with van der Waals surface area (Å²) >= 11 is 6.30. The average molecular weight is 423 g/mol. The van der Waals surface area contributed by atoms with Gasteiger partial charge in [0.05, 0.1) is 30.5 Å². The predicted molar refractivity (Wildman–Crippen MR) is 119 cm³/mol. The number of nitrogens with zero attached hydrogens (tertiary/aromatic N) is 1. The highest BCUT2D eigenvalue weighted by Crippen LogP contribution is 2.36. The lowest BCUT2D eigenvalue weighted by atomic mass is 10.0. The zero-order valence-electron chi connectivity index (χ0n) is 16.8. The molecule has 1 amide bonds. The summed E-state index contributed by atoms with van der Waals surface area (Å²) in [6.45, 7) is 2.35. The predicted octanol–water partition coefficient (Wildman–Crippen LogP) is 5.06. The van der Waals surface area contributed by atoms with Crippen LogP contribution in [0.25, 0.3) is 6.08 Å². The Morgan fingerprint density at radius 1 is 1.17 bits per heavy atom. The number of carbonyl (C=O) groups is 1. The summed E-state index contributed by atoms with van der Waals surface area (Å²) in [5, 5.41) is 3.44. The van der Waals surface area contributed by atoms with Crippen LogP contribution < -0.4 is 14.8 Å². The first kappa shape index (κ1) is 21.4. The smallest absolute Gasteiger partial charge is 0.244 e. The maximum absolute atomic E-state index is 12.7. The average Bonchev–Trinajstić information content (AvgIpc) is 2.78. The highest BCUT2D eigenvalue weighted by Gasteiger charge is 2.17. The zero-order chi connectivity index (χ0) is 21.3. The van der Waals surface area contributed by atoms with E-state index in [1.165, 1.54) is 6.08 Å². The van der Waals surface area contributed by atoms with Gasteiger partial charge in [-0.05, 0) is 48.4 Å². The van der Waals surface area contributed by atoms with E-state index >= 15 is 0 Å². The fourth-order valence-corrected chi connectivity index (χ4v) is 3.28. The standard InChI is InChI=1S/C24H23ClN2O3/c1-3-30-24-19(25)15-17(16-21(24)29-2)12-13-22(28)27-23(18-9-5-4-6-10-18)20-11-7-8-14-26-20/h4-16,23H,3H2,1-2H3,(H,27,28)/b13-12+. The molecule has 3 aromatic rings. The number of methoxy groups -OCH3 is 1. The van der Waals surface area contributed by atoms with E-state index in [0.717, 1.165) is 16.8 Å². The molecule has 0 radical (unpaired) electrons. The third-order valence-corrected chi connectivity index (χ3v) is 4.65. The Morgan fingerprint density at radius 3 is 2.60 bits per heavy atom. The van der Waals surface area contributed by atoms with Gasteiger partial charge in [-0.15, -0.1) is 0 Å². The molecule has 3 rings (SSSR count). The number of benzene rings is 2. The lowest BCUT2D eigenvalue weighted by molar-refractivity contribution is -0.116. The Labute approximate surface area is 181 Å². The molecule has 0 aliphatic heterocycles. The second-order valence-electron chi connectivity index (χ2n) is 6.41. The van der Waals surface area contributed by atoms with Crippen LogP contribution in [0, 0.1) is 0 Å². The van der Waals surface area contributed by atoms with Crippen molar-refractivity contribution in [3.05, 3.63) is 94.8 Å². The van der Waals surface area contributed by atoms with Gasteiger partial charge in [-0.3, -0.25) is 9.78 Å². The van der Waals surface area contributed by atoms with Crippen LogP contribution in [-0.2, 0) is 4.79 Å². The lowest BCUT2D eigenvalue weighted by Crippen LogP contribution is -2.28. The van der Waals surface area contributed by atoms with Gasteiger partial charge < -0.3 is 14.8 Å². The van der Waals surface area contributed by atoms with E-state index in [1.807, 2.05) is 55.5 Å². The number of aromatic nitrogens is 1. The van der Waals surface area contributed by atoms with Crippen LogP contribution in [0.2, 0.25) is 5.02 Å². The second kappa shape index (κ2) is 10.5. The fraction of sp³-hybridized carbons (Fsp3) is 0.167. The van der Waals surface area contributed by atoms with Crippen LogP contribution in [0.5, 0.6) is 11.5 Å². The van der Waals surface area contributed by atoms with Crippen LogP contribution in [-0.4, -0.2) is 24.6 Å². The highest BCUT2D eigenvalue weighted by molar-refractivity contribution is 6.32. The Hall–Kier alpha value is -3.31. The van der Waals surface area contributed by atoms with Crippen LogP contribution in [0.4, 0.5) is 0 Å². The van der Waals surface area contributed by atoms with Crippen LogP contribution >= 0.6 is 11.6 Å². The summed E-state index contributed by atoms with van der Waals surface area (Å²) in [5.74, 6) is 0.751. The van der Waals surface area contributed by atoms with Crippen LogP contribution in [0.15, 0.2) is 72.9 Å². The van der Waals surface area contributed by atoms with E-state index in [1.54, 1.807) is 31.5 Å². The number of hydrogen-bond donors (Lipinski definition) is 1. The van der Waals surface area contributed by atoms with E-state index in [4.69, 9.17) is 21.1 Å². The molecule has 1 atom stereocenters. The van der Waals surface area contributed by atoms with Gasteiger partial charge in [-0.1, -0.05) is 48.0 Å². The zero-order valence-corrected chi connectivity index (χ0v) is 17.6. The molecule has 0 saturated heterocycles. The Kier molecular flexibility index (Phi) is 7.46.